The monoisotopic (exact) mass is 319 g/mol. The molecular weight excluding hydrogens is 298 g/mol. The van der Waals surface area contributed by atoms with Crippen LogP contribution in [-0.4, -0.2) is 43.3 Å². The van der Waals surface area contributed by atoms with Crippen LogP contribution in [0.5, 0.6) is 0 Å². The van der Waals surface area contributed by atoms with E-state index in [-0.39, 0.29) is 5.91 Å². The molecule has 1 aliphatic heterocycles. The molecule has 0 bridgehead atoms. The number of aryl methyl sites for hydroxylation is 1. The van der Waals surface area contributed by atoms with Gasteiger partial charge < -0.3 is 4.90 Å². The fourth-order valence-electron chi connectivity index (χ4n) is 2.91. The second kappa shape index (κ2) is 7.00. The lowest BCUT2D eigenvalue weighted by Gasteiger charge is -2.31. The third-order valence-electron chi connectivity index (χ3n) is 4.14. The molecule has 0 atom stereocenters. The van der Waals surface area contributed by atoms with Gasteiger partial charge in [0.1, 0.15) is 4.88 Å². The number of rotatable bonds is 5. The van der Waals surface area contributed by atoms with Crippen molar-refractivity contribution in [3.05, 3.63) is 29.0 Å². The van der Waals surface area contributed by atoms with Gasteiger partial charge in [0.15, 0.2) is 0 Å². The first-order chi connectivity index (χ1) is 10.8. The molecule has 6 nitrogen and oxygen atoms in total. The van der Waals surface area contributed by atoms with E-state index >= 15 is 0 Å². The maximum atomic E-state index is 12.6. The Kier molecular flexibility index (Phi) is 4.82. The number of nitrogens with zero attached hydrogens (tertiary/aromatic N) is 5. The smallest absolute Gasteiger partial charge is 0.267 e. The quantitative estimate of drug-likeness (QED) is 0.848. The van der Waals surface area contributed by atoms with Gasteiger partial charge in [-0.1, -0.05) is 17.8 Å². The van der Waals surface area contributed by atoms with Crippen molar-refractivity contribution in [2.75, 3.05) is 13.1 Å². The highest BCUT2D eigenvalue weighted by atomic mass is 32.1. The van der Waals surface area contributed by atoms with E-state index in [0.717, 1.165) is 55.9 Å². The normalized spacial score (nSPS) is 16.1. The molecule has 0 spiro atoms. The summed E-state index contributed by atoms with van der Waals surface area (Å²) in [6.07, 6.45) is 7.68. The molecule has 118 valence electrons. The van der Waals surface area contributed by atoms with Gasteiger partial charge in [0.25, 0.3) is 5.91 Å². The summed E-state index contributed by atoms with van der Waals surface area (Å²) in [4.78, 5) is 15.3. The van der Waals surface area contributed by atoms with E-state index in [1.807, 2.05) is 28.0 Å². The van der Waals surface area contributed by atoms with Crippen molar-refractivity contribution < 1.29 is 4.79 Å². The highest BCUT2D eigenvalue weighted by Crippen LogP contribution is 2.22. The number of hydrogen-bond acceptors (Lipinski definition) is 5. The van der Waals surface area contributed by atoms with Gasteiger partial charge in [-0.25, -0.2) is 0 Å². The van der Waals surface area contributed by atoms with Gasteiger partial charge in [0, 0.05) is 32.0 Å². The van der Waals surface area contributed by atoms with Crippen LogP contribution in [0.25, 0.3) is 0 Å². The molecule has 0 radical (unpaired) electrons. The fourth-order valence-corrected chi connectivity index (χ4v) is 3.58. The van der Waals surface area contributed by atoms with Crippen LogP contribution in [0.2, 0.25) is 0 Å². The molecule has 2 aromatic heterocycles. The maximum absolute atomic E-state index is 12.6. The van der Waals surface area contributed by atoms with Crippen LogP contribution in [0, 0.1) is 5.92 Å². The molecule has 0 unspecified atom stereocenters. The summed E-state index contributed by atoms with van der Waals surface area (Å²) >= 11 is 1.23. The predicted octanol–water partition coefficient (Wildman–Crippen LogP) is 2.24. The average Bonchev–Trinajstić information content (AvgIpc) is 3.19. The van der Waals surface area contributed by atoms with Crippen LogP contribution in [0.4, 0.5) is 0 Å². The second-order valence-electron chi connectivity index (χ2n) is 5.76. The zero-order valence-corrected chi connectivity index (χ0v) is 13.6. The molecule has 0 aliphatic carbocycles. The van der Waals surface area contributed by atoms with E-state index in [0.29, 0.717) is 5.92 Å². The van der Waals surface area contributed by atoms with Gasteiger partial charge in [-0.05, 0) is 42.8 Å². The standard InChI is InChI=1S/C15H21N5OS/c1-2-4-13-14(22-18-17-13)15(21)19-9-5-12(6-10-19)11-20-8-3-7-16-20/h3,7-8,12H,2,4-6,9-11H2,1H3. The van der Waals surface area contributed by atoms with Gasteiger partial charge in [-0.3, -0.25) is 9.48 Å². The molecule has 1 aliphatic rings. The molecule has 1 fully saturated rings. The van der Waals surface area contributed by atoms with E-state index < -0.39 is 0 Å². The van der Waals surface area contributed by atoms with Gasteiger partial charge in [0.05, 0.1) is 5.69 Å². The number of likely N-dealkylation sites (tertiary alicyclic amines) is 1. The number of hydrogen-bond donors (Lipinski definition) is 0. The summed E-state index contributed by atoms with van der Waals surface area (Å²) in [5.41, 5.74) is 0.858. The minimum absolute atomic E-state index is 0.107. The average molecular weight is 319 g/mol. The summed E-state index contributed by atoms with van der Waals surface area (Å²) in [6, 6.07) is 1.95. The molecule has 0 N–H and O–H groups in total. The molecule has 1 amide bonds. The van der Waals surface area contributed by atoms with Crippen molar-refractivity contribution in [3.63, 3.8) is 0 Å². The van der Waals surface area contributed by atoms with E-state index in [2.05, 4.69) is 21.6 Å². The summed E-state index contributed by atoms with van der Waals surface area (Å²) in [5.74, 6) is 0.703. The van der Waals surface area contributed by atoms with Crippen LogP contribution >= 0.6 is 11.5 Å². The molecule has 1 saturated heterocycles. The van der Waals surface area contributed by atoms with Crippen LogP contribution < -0.4 is 0 Å². The Hall–Kier alpha value is -1.76. The number of aromatic nitrogens is 4. The number of amides is 1. The van der Waals surface area contributed by atoms with E-state index in [4.69, 9.17) is 0 Å². The lowest BCUT2D eigenvalue weighted by molar-refractivity contribution is 0.0685. The number of carbonyl (C=O) groups excluding carboxylic acids is 1. The first kappa shape index (κ1) is 15.1. The minimum atomic E-state index is 0.107. The van der Waals surface area contributed by atoms with Crippen LogP contribution in [0.1, 0.15) is 41.6 Å². The van der Waals surface area contributed by atoms with Crippen molar-refractivity contribution in [1.82, 2.24) is 24.3 Å². The molecule has 3 heterocycles. The zero-order chi connectivity index (χ0) is 15.4. The van der Waals surface area contributed by atoms with Gasteiger partial charge >= 0.3 is 0 Å². The van der Waals surface area contributed by atoms with Crippen molar-refractivity contribution in [2.45, 2.75) is 39.2 Å². The molecule has 3 rings (SSSR count). The number of piperidine rings is 1. The van der Waals surface area contributed by atoms with Crippen molar-refractivity contribution in [1.29, 1.82) is 0 Å². The lowest BCUT2D eigenvalue weighted by Crippen LogP contribution is -2.39. The molecule has 0 saturated carbocycles. The third-order valence-corrected chi connectivity index (χ3v) is 4.90. The third kappa shape index (κ3) is 3.35. The van der Waals surface area contributed by atoms with E-state index in [1.54, 1.807) is 0 Å². The summed E-state index contributed by atoms with van der Waals surface area (Å²) < 4.78 is 5.93. The zero-order valence-electron chi connectivity index (χ0n) is 12.8. The Labute approximate surface area is 134 Å². The maximum Gasteiger partial charge on any atom is 0.267 e. The highest BCUT2D eigenvalue weighted by Gasteiger charge is 2.26. The molecular formula is C15H21N5OS. The van der Waals surface area contributed by atoms with Crippen molar-refractivity contribution in [3.8, 4) is 0 Å². The summed E-state index contributed by atoms with van der Waals surface area (Å²) in [7, 11) is 0. The highest BCUT2D eigenvalue weighted by molar-refractivity contribution is 7.08. The van der Waals surface area contributed by atoms with Crippen molar-refractivity contribution in [2.24, 2.45) is 5.92 Å². The predicted molar refractivity (Wildman–Crippen MR) is 84.8 cm³/mol. The van der Waals surface area contributed by atoms with Gasteiger partial charge in [-0.2, -0.15) is 5.10 Å². The fraction of sp³-hybridized carbons (Fsp3) is 0.600. The Morgan fingerprint density at radius 2 is 2.23 bits per heavy atom. The Morgan fingerprint density at radius 1 is 1.41 bits per heavy atom. The first-order valence-electron chi connectivity index (χ1n) is 7.86. The first-order valence-corrected chi connectivity index (χ1v) is 8.63. The van der Waals surface area contributed by atoms with Crippen LogP contribution in [-0.2, 0) is 13.0 Å². The summed E-state index contributed by atoms with van der Waals surface area (Å²) in [6.45, 7) is 4.66. The Bertz CT molecular complexity index is 601. The topological polar surface area (TPSA) is 63.9 Å². The van der Waals surface area contributed by atoms with Crippen LogP contribution in [0.3, 0.4) is 0 Å². The number of carbonyl (C=O) groups is 1. The Morgan fingerprint density at radius 3 is 2.91 bits per heavy atom. The van der Waals surface area contributed by atoms with E-state index in [9.17, 15) is 4.79 Å². The second-order valence-corrected chi connectivity index (χ2v) is 6.52. The minimum Gasteiger partial charge on any atom is -0.338 e. The largest absolute Gasteiger partial charge is 0.338 e. The van der Waals surface area contributed by atoms with Crippen LogP contribution in [0.15, 0.2) is 18.5 Å². The van der Waals surface area contributed by atoms with Gasteiger partial charge in [-0.15, -0.1) is 5.10 Å². The molecule has 2 aromatic rings. The molecule has 7 heteroatoms. The molecule has 0 aromatic carbocycles. The lowest BCUT2D eigenvalue weighted by atomic mass is 9.96. The Balaban J connectivity index is 1.56. The van der Waals surface area contributed by atoms with E-state index in [1.165, 1.54) is 11.5 Å². The SMILES string of the molecule is CCCc1nnsc1C(=O)N1CCC(Cn2cccn2)CC1. The molecule has 22 heavy (non-hydrogen) atoms. The van der Waals surface area contributed by atoms with Crippen molar-refractivity contribution >= 4 is 17.4 Å². The van der Waals surface area contributed by atoms with Gasteiger partial charge in [0.2, 0.25) is 0 Å². The summed E-state index contributed by atoms with van der Waals surface area (Å²) in [5, 5.41) is 8.35.